The summed E-state index contributed by atoms with van der Waals surface area (Å²) in [6.07, 6.45) is 0. The zero-order valence-corrected chi connectivity index (χ0v) is 18.5. The molecule has 0 fully saturated rings. The summed E-state index contributed by atoms with van der Waals surface area (Å²) in [7, 11) is 0.838. The Kier molecular flexibility index (Phi) is 7.26. The molecule has 0 saturated carbocycles. The first-order valence-electron chi connectivity index (χ1n) is 9.33. The number of amides is 1. The molecule has 0 unspecified atom stereocenters. The van der Waals surface area contributed by atoms with Crippen LogP contribution in [0.2, 0.25) is 0 Å². The lowest BCUT2D eigenvalue weighted by Crippen LogP contribution is -2.28. The Morgan fingerprint density at radius 1 is 1.03 bits per heavy atom. The first-order chi connectivity index (χ1) is 13.5. The van der Waals surface area contributed by atoms with E-state index >= 15 is 0 Å². The molecule has 2 aromatic carbocycles. The predicted octanol–water partition coefficient (Wildman–Crippen LogP) is 3.26. The van der Waals surface area contributed by atoms with Crippen LogP contribution < -0.4 is 15.4 Å². The van der Waals surface area contributed by atoms with Crippen LogP contribution in [0.4, 0.5) is 5.69 Å². The van der Waals surface area contributed by atoms with Gasteiger partial charge >= 0.3 is 0 Å². The lowest BCUT2D eigenvalue weighted by atomic mass is 10.1. The highest BCUT2D eigenvalue weighted by atomic mass is 32.2. The van der Waals surface area contributed by atoms with Crippen LogP contribution in [0.3, 0.4) is 0 Å². The molecule has 2 rings (SSSR count). The average molecular weight is 420 g/mol. The number of hydrogen-bond donors (Lipinski definition) is 2. The molecule has 7 nitrogen and oxygen atoms in total. The zero-order valence-electron chi connectivity index (χ0n) is 17.7. The molecule has 0 saturated heterocycles. The number of nitrogens with zero attached hydrogens (tertiary/aromatic N) is 1. The second-order valence-electron chi connectivity index (χ2n) is 7.30. The molecule has 0 aliphatic rings. The second-order valence-corrected chi connectivity index (χ2v) is 9.45. The summed E-state index contributed by atoms with van der Waals surface area (Å²) in [5, 5.41) is 6.09. The number of carbonyl (C=O) groups excluding carboxylic acids is 1. The lowest BCUT2D eigenvalue weighted by Gasteiger charge is -2.18. The molecule has 0 bridgehead atoms. The van der Waals surface area contributed by atoms with Crippen LogP contribution in [0, 0.1) is 0 Å². The van der Waals surface area contributed by atoms with Gasteiger partial charge in [-0.25, -0.2) is 12.7 Å². The fourth-order valence-corrected chi connectivity index (χ4v) is 3.74. The van der Waals surface area contributed by atoms with E-state index < -0.39 is 10.0 Å². The molecule has 29 heavy (non-hydrogen) atoms. The van der Waals surface area contributed by atoms with Crippen molar-refractivity contribution in [3.05, 3.63) is 53.6 Å². The van der Waals surface area contributed by atoms with Gasteiger partial charge in [0, 0.05) is 31.4 Å². The van der Waals surface area contributed by atoms with Gasteiger partial charge in [0.05, 0.1) is 18.0 Å². The van der Waals surface area contributed by atoms with Crippen molar-refractivity contribution in [2.24, 2.45) is 0 Å². The van der Waals surface area contributed by atoms with Crippen LogP contribution in [0.1, 0.15) is 42.7 Å². The molecule has 0 aliphatic carbocycles. The first kappa shape index (κ1) is 22.7. The molecular weight excluding hydrogens is 390 g/mol. The standard InChI is InChI=1S/C21H29N3O4S/c1-14(2)22-18-11-17(12-20(13-18)29(26,27)24(4)5)21(25)23-15(3)16-7-9-19(28-6)10-8-16/h7-15,22H,1-6H3,(H,23,25)/t15-/m1/s1. The Bertz CT molecular complexity index is 954. The fraction of sp³-hybridized carbons (Fsp3) is 0.381. The van der Waals surface area contributed by atoms with Gasteiger partial charge in [-0.15, -0.1) is 0 Å². The van der Waals surface area contributed by atoms with Crippen molar-refractivity contribution < 1.29 is 17.9 Å². The van der Waals surface area contributed by atoms with Crippen molar-refractivity contribution >= 4 is 21.6 Å². The van der Waals surface area contributed by atoms with Crippen molar-refractivity contribution in [2.45, 2.75) is 37.8 Å². The minimum absolute atomic E-state index is 0.0652. The molecule has 0 aliphatic heterocycles. The molecule has 2 N–H and O–H groups in total. The van der Waals surface area contributed by atoms with Gasteiger partial charge < -0.3 is 15.4 Å². The van der Waals surface area contributed by atoms with Gasteiger partial charge in [-0.3, -0.25) is 4.79 Å². The molecule has 0 spiro atoms. The number of methoxy groups -OCH3 is 1. The Morgan fingerprint density at radius 3 is 2.17 bits per heavy atom. The van der Waals surface area contributed by atoms with Crippen LogP contribution in [-0.2, 0) is 10.0 Å². The topological polar surface area (TPSA) is 87.7 Å². The average Bonchev–Trinajstić information content (AvgIpc) is 2.67. The van der Waals surface area contributed by atoms with E-state index in [1.807, 2.05) is 45.0 Å². The molecule has 1 atom stereocenters. The highest BCUT2D eigenvalue weighted by Crippen LogP contribution is 2.23. The van der Waals surface area contributed by atoms with Gasteiger partial charge in [-0.2, -0.15) is 0 Å². The van der Waals surface area contributed by atoms with Crippen molar-refractivity contribution in [1.82, 2.24) is 9.62 Å². The first-order valence-corrected chi connectivity index (χ1v) is 10.8. The third kappa shape index (κ3) is 5.71. The lowest BCUT2D eigenvalue weighted by molar-refractivity contribution is 0.0939. The van der Waals surface area contributed by atoms with E-state index in [9.17, 15) is 13.2 Å². The van der Waals surface area contributed by atoms with Crippen LogP contribution in [-0.4, -0.2) is 45.9 Å². The van der Waals surface area contributed by atoms with E-state index in [0.717, 1.165) is 15.6 Å². The maximum Gasteiger partial charge on any atom is 0.251 e. The number of benzene rings is 2. The predicted molar refractivity (Wildman–Crippen MR) is 115 cm³/mol. The molecule has 2 aromatic rings. The van der Waals surface area contributed by atoms with E-state index in [-0.39, 0.29) is 28.4 Å². The number of hydrogen-bond acceptors (Lipinski definition) is 5. The monoisotopic (exact) mass is 419 g/mol. The number of carbonyl (C=O) groups is 1. The van der Waals surface area contributed by atoms with Gasteiger partial charge in [0.1, 0.15) is 5.75 Å². The molecule has 0 aromatic heterocycles. The van der Waals surface area contributed by atoms with Crippen molar-refractivity contribution in [3.63, 3.8) is 0 Å². The Hall–Kier alpha value is -2.58. The number of nitrogens with one attached hydrogen (secondary N) is 2. The largest absolute Gasteiger partial charge is 0.497 e. The van der Waals surface area contributed by atoms with Gasteiger partial charge in [0.25, 0.3) is 5.91 Å². The third-order valence-electron chi connectivity index (χ3n) is 4.37. The molecule has 0 radical (unpaired) electrons. The van der Waals surface area contributed by atoms with E-state index in [1.54, 1.807) is 19.2 Å². The van der Waals surface area contributed by atoms with E-state index in [0.29, 0.717) is 5.69 Å². The van der Waals surface area contributed by atoms with Crippen molar-refractivity contribution in [2.75, 3.05) is 26.5 Å². The SMILES string of the molecule is COc1ccc([C@@H](C)NC(=O)c2cc(NC(C)C)cc(S(=O)(=O)N(C)C)c2)cc1. The van der Waals surface area contributed by atoms with Crippen molar-refractivity contribution in [3.8, 4) is 5.75 Å². The normalized spacial score (nSPS) is 12.7. The van der Waals surface area contributed by atoms with E-state index in [2.05, 4.69) is 10.6 Å². The number of rotatable bonds is 8. The maximum atomic E-state index is 12.9. The van der Waals surface area contributed by atoms with E-state index in [4.69, 9.17) is 4.74 Å². The summed E-state index contributed by atoms with van der Waals surface area (Å²) in [5.74, 6) is 0.384. The highest BCUT2D eigenvalue weighted by molar-refractivity contribution is 7.89. The number of ether oxygens (including phenoxy) is 1. The zero-order chi connectivity index (χ0) is 21.8. The molecule has 8 heteroatoms. The van der Waals surface area contributed by atoms with Gasteiger partial charge in [0.2, 0.25) is 10.0 Å². The smallest absolute Gasteiger partial charge is 0.251 e. The summed E-state index contributed by atoms with van der Waals surface area (Å²) in [6.45, 7) is 5.75. The number of sulfonamides is 1. The van der Waals surface area contributed by atoms with Gasteiger partial charge in [0.15, 0.2) is 0 Å². The molecular formula is C21H29N3O4S. The van der Waals surface area contributed by atoms with Crippen LogP contribution in [0.5, 0.6) is 5.75 Å². The molecule has 158 valence electrons. The summed E-state index contributed by atoms with van der Waals surface area (Å²) >= 11 is 0. The summed E-state index contributed by atoms with van der Waals surface area (Å²) < 4.78 is 31.5. The summed E-state index contributed by atoms with van der Waals surface area (Å²) in [4.78, 5) is 12.9. The number of anilines is 1. The summed E-state index contributed by atoms with van der Waals surface area (Å²) in [6, 6.07) is 11.8. The highest BCUT2D eigenvalue weighted by Gasteiger charge is 2.21. The van der Waals surface area contributed by atoms with Crippen LogP contribution >= 0.6 is 0 Å². The minimum Gasteiger partial charge on any atom is -0.497 e. The van der Waals surface area contributed by atoms with Gasteiger partial charge in [-0.05, 0) is 56.7 Å². The van der Waals surface area contributed by atoms with Crippen molar-refractivity contribution in [1.29, 1.82) is 0 Å². The second kappa shape index (κ2) is 9.28. The summed E-state index contributed by atoms with van der Waals surface area (Å²) in [5.41, 5.74) is 1.76. The van der Waals surface area contributed by atoms with Crippen LogP contribution in [0.25, 0.3) is 0 Å². The Morgan fingerprint density at radius 2 is 1.66 bits per heavy atom. The fourth-order valence-electron chi connectivity index (χ4n) is 2.76. The Labute approximate surface area is 173 Å². The quantitative estimate of drug-likeness (QED) is 0.686. The van der Waals surface area contributed by atoms with Gasteiger partial charge in [-0.1, -0.05) is 12.1 Å². The maximum absolute atomic E-state index is 12.9. The third-order valence-corrected chi connectivity index (χ3v) is 6.16. The van der Waals surface area contributed by atoms with E-state index in [1.165, 1.54) is 20.2 Å². The Balaban J connectivity index is 2.34. The minimum atomic E-state index is -3.68. The van der Waals surface area contributed by atoms with Crippen LogP contribution in [0.15, 0.2) is 47.4 Å². The molecule has 1 amide bonds. The molecule has 0 heterocycles.